The quantitative estimate of drug-likeness (QED) is 0.474. The average molecular weight is 445 g/mol. The van der Waals surface area contributed by atoms with Gasteiger partial charge in [-0.2, -0.15) is 9.50 Å². The highest BCUT2D eigenvalue weighted by molar-refractivity contribution is 9.10. The van der Waals surface area contributed by atoms with E-state index in [0.717, 1.165) is 15.6 Å². The minimum atomic E-state index is -0.163. The van der Waals surface area contributed by atoms with Gasteiger partial charge in [0.1, 0.15) is 0 Å². The molecule has 0 bridgehead atoms. The van der Waals surface area contributed by atoms with E-state index >= 15 is 0 Å². The average Bonchev–Trinajstić information content (AvgIpc) is 3.14. The number of rotatable bonds is 3. The maximum Gasteiger partial charge on any atom is 0.291 e. The van der Waals surface area contributed by atoms with Crippen LogP contribution in [-0.4, -0.2) is 14.6 Å². The number of thiazole rings is 1. The van der Waals surface area contributed by atoms with Gasteiger partial charge in [0, 0.05) is 9.50 Å². The van der Waals surface area contributed by atoms with Crippen LogP contribution in [0.3, 0.4) is 0 Å². The molecule has 0 amide bonds. The van der Waals surface area contributed by atoms with Gasteiger partial charge in [0.15, 0.2) is 5.82 Å². The smallest absolute Gasteiger partial charge is 0.266 e. The molecule has 0 atom stereocenters. The topological polar surface area (TPSA) is 47.3 Å². The van der Waals surface area contributed by atoms with E-state index < -0.39 is 0 Å². The number of fused-ring (bicyclic) bond motifs is 1. The van der Waals surface area contributed by atoms with Crippen molar-refractivity contribution in [2.45, 2.75) is 0 Å². The second-order valence-corrected chi connectivity index (χ2v) is 7.88. The molecule has 0 aliphatic heterocycles. The highest BCUT2D eigenvalue weighted by atomic mass is 79.9. The normalized spacial score (nSPS) is 12.5. The van der Waals surface area contributed by atoms with E-state index in [9.17, 15) is 4.79 Å². The third-order valence-electron chi connectivity index (χ3n) is 3.64. The molecule has 0 spiro atoms. The molecule has 0 unspecified atom stereocenters. The molecule has 0 saturated heterocycles. The molecule has 4 nitrogen and oxygen atoms in total. The van der Waals surface area contributed by atoms with E-state index in [2.05, 4.69) is 26.0 Å². The van der Waals surface area contributed by atoms with Crippen molar-refractivity contribution in [1.82, 2.24) is 14.6 Å². The summed E-state index contributed by atoms with van der Waals surface area (Å²) >= 11 is 10.6. The number of hydrogen-bond donors (Lipinski definition) is 0. The summed E-state index contributed by atoms with van der Waals surface area (Å²) in [6, 6.07) is 15.2. The fraction of sp³-hybridized carbons (Fsp3) is 0. The van der Waals surface area contributed by atoms with E-state index in [-0.39, 0.29) is 5.56 Å². The summed E-state index contributed by atoms with van der Waals surface area (Å²) in [4.78, 5) is 17.5. The first kappa shape index (κ1) is 17.1. The third-order valence-corrected chi connectivity index (χ3v) is 5.34. The van der Waals surface area contributed by atoms with Gasteiger partial charge in [-0.05, 0) is 47.5 Å². The first-order valence-corrected chi connectivity index (χ1v) is 9.68. The molecule has 0 saturated carbocycles. The van der Waals surface area contributed by atoms with Gasteiger partial charge in [-0.1, -0.05) is 69.2 Å². The molecule has 0 radical (unpaired) electrons. The lowest BCUT2D eigenvalue weighted by Crippen LogP contribution is -2.23. The van der Waals surface area contributed by atoms with Gasteiger partial charge in [0.05, 0.1) is 4.53 Å². The Balaban J connectivity index is 1.67. The summed E-state index contributed by atoms with van der Waals surface area (Å²) in [6.45, 7) is 0. The van der Waals surface area contributed by atoms with Crippen molar-refractivity contribution in [3.63, 3.8) is 0 Å². The lowest BCUT2D eigenvalue weighted by molar-refractivity contribution is 0.925. The minimum absolute atomic E-state index is 0.163. The third kappa shape index (κ3) is 3.62. The lowest BCUT2D eigenvalue weighted by Gasteiger charge is -1.92. The number of nitrogens with zero attached hydrogens (tertiary/aromatic N) is 3. The Kier molecular flexibility index (Phi) is 4.72. The standard InChI is InChI=1S/C19H11BrClN3OS/c20-14-3-1-2-13(10-14)11-16-18(25)24-19(26-16)22-17(23-24)9-6-12-4-7-15(21)8-5-12/h1-11H/b9-6+,16-11-. The molecule has 128 valence electrons. The molecule has 4 aromatic rings. The van der Waals surface area contributed by atoms with Crippen LogP contribution >= 0.6 is 38.9 Å². The van der Waals surface area contributed by atoms with Gasteiger partial charge in [-0.3, -0.25) is 4.79 Å². The Morgan fingerprint density at radius 3 is 2.62 bits per heavy atom. The van der Waals surface area contributed by atoms with Crippen molar-refractivity contribution >= 4 is 62.1 Å². The maximum atomic E-state index is 12.5. The van der Waals surface area contributed by atoms with Gasteiger partial charge in [-0.15, -0.1) is 5.10 Å². The van der Waals surface area contributed by atoms with Crippen LogP contribution in [0, 0.1) is 0 Å². The Labute approximate surface area is 166 Å². The molecular formula is C19H11BrClN3OS. The minimum Gasteiger partial charge on any atom is -0.266 e. The summed E-state index contributed by atoms with van der Waals surface area (Å²) in [5, 5.41) is 4.97. The van der Waals surface area contributed by atoms with Crippen molar-refractivity contribution in [3.05, 3.63) is 89.9 Å². The van der Waals surface area contributed by atoms with Gasteiger partial charge in [0.25, 0.3) is 5.56 Å². The van der Waals surface area contributed by atoms with Crippen LogP contribution in [-0.2, 0) is 0 Å². The molecule has 2 aromatic heterocycles. The summed E-state index contributed by atoms with van der Waals surface area (Å²) in [5.74, 6) is 0.498. The molecule has 4 rings (SSSR count). The maximum absolute atomic E-state index is 12.5. The fourth-order valence-electron chi connectivity index (χ4n) is 2.41. The van der Waals surface area contributed by atoms with Crippen LogP contribution < -0.4 is 10.1 Å². The van der Waals surface area contributed by atoms with Crippen molar-refractivity contribution in [2.75, 3.05) is 0 Å². The predicted octanol–water partition coefficient (Wildman–Crippen LogP) is 4.29. The Morgan fingerprint density at radius 1 is 1.08 bits per heavy atom. The zero-order valence-electron chi connectivity index (χ0n) is 13.3. The lowest BCUT2D eigenvalue weighted by atomic mass is 10.2. The molecule has 0 N–H and O–H groups in total. The van der Waals surface area contributed by atoms with Crippen LogP contribution in [0.5, 0.6) is 0 Å². The second kappa shape index (κ2) is 7.15. The van der Waals surface area contributed by atoms with Crippen LogP contribution in [0.25, 0.3) is 23.2 Å². The van der Waals surface area contributed by atoms with Crippen molar-refractivity contribution < 1.29 is 0 Å². The summed E-state index contributed by atoms with van der Waals surface area (Å²) in [5.41, 5.74) is 1.77. The Morgan fingerprint density at radius 2 is 1.88 bits per heavy atom. The van der Waals surface area contributed by atoms with E-state index in [0.29, 0.717) is 20.3 Å². The van der Waals surface area contributed by atoms with Gasteiger partial charge >= 0.3 is 0 Å². The van der Waals surface area contributed by atoms with Crippen LogP contribution in [0.15, 0.2) is 57.8 Å². The fourth-order valence-corrected chi connectivity index (χ4v) is 3.87. The molecule has 0 aliphatic carbocycles. The van der Waals surface area contributed by atoms with E-state index in [1.807, 2.05) is 60.7 Å². The van der Waals surface area contributed by atoms with E-state index in [4.69, 9.17) is 11.6 Å². The van der Waals surface area contributed by atoms with Crippen molar-refractivity contribution in [2.24, 2.45) is 0 Å². The Bertz CT molecular complexity index is 1230. The van der Waals surface area contributed by atoms with E-state index in [1.165, 1.54) is 15.9 Å². The van der Waals surface area contributed by atoms with E-state index in [1.54, 1.807) is 6.08 Å². The molecule has 2 aromatic carbocycles. The zero-order valence-corrected chi connectivity index (χ0v) is 16.4. The summed E-state index contributed by atoms with van der Waals surface area (Å²) in [6.07, 6.45) is 5.51. The first-order valence-electron chi connectivity index (χ1n) is 7.69. The SMILES string of the molecule is O=c1/c(=C/c2cccc(Br)c2)sc2nc(/C=C/c3ccc(Cl)cc3)nn12. The second-order valence-electron chi connectivity index (χ2n) is 5.52. The highest BCUT2D eigenvalue weighted by Crippen LogP contribution is 2.13. The highest BCUT2D eigenvalue weighted by Gasteiger charge is 2.08. The molecule has 0 fully saturated rings. The largest absolute Gasteiger partial charge is 0.291 e. The van der Waals surface area contributed by atoms with Gasteiger partial charge in [-0.25, -0.2) is 0 Å². The first-order chi connectivity index (χ1) is 12.6. The van der Waals surface area contributed by atoms with Gasteiger partial charge in [0.2, 0.25) is 4.96 Å². The van der Waals surface area contributed by atoms with Crippen LogP contribution in [0.1, 0.15) is 17.0 Å². The molecule has 2 heterocycles. The van der Waals surface area contributed by atoms with Gasteiger partial charge < -0.3 is 0 Å². The number of aromatic nitrogens is 3. The molecule has 26 heavy (non-hydrogen) atoms. The van der Waals surface area contributed by atoms with Crippen molar-refractivity contribution in [1.29, 1.82) is 0 Å². The molecule has 7 heteroatoms. The number of hydrogen-bond acceptors (Lipinski definition) is 4. The zero-order chi connectivity index (χ0) is 18.1. The predicted molar refractivity (Wildman–Crippen MR) is 110 cm³/mol. The summed E-state index contributed by atoms with van der Waals surface area (Å²) < 4.78 is 2.91. The van der Waals surface area contributed by atoms with Crippen molar-refractivity contribution in [3.8, 4) is 0 Å². The summed E-state index contributed by atoms with van der Waals surface area (Å²) in [7, 11) is 0. The molecule has 0 aliphatic rings. The monoisotopic (exact) mass is 443 g/mol. The molecular weight excluding hydrogens is 434 g/mol. The Hall–Kier alpha value is -2.28. The van der Waals surface area contributed by atoms with Crippen LogP contribution in [0.4, 0.5) is 0 Å². The van der Waals surface area contributed by atoms with Crippen LogP contribution in [0.2, 0.25) is 5.02 Å². The number of halogens is 2. The number of benzene rings is 2.